The third-order valence-electron chi connectivity index (χ3n) is 3.90. The quantitative estimate of drug-likeness (QED) is 0.685. The maximum atomic E-state index is 11.8. The van der Waals surface area contributed by atoms with E-state index in [0.29, 0.717) is 32.3 Å². The summed E-state index contributed by atoms with van der Waals surface area (Å²) in [5.74, 6) is 1.47. The Kier molecular flexibility index (Phi) is 6.21. The molecule has 26 heavy (non-hydrogen) atoms. The van der Waals surface area contributed by atoms with E-state index in [4.69, 9.17) is 4.74 Å². The Hall–Kier alpha value is -2.87. The topological polar surface area (TPSA) is 91.4 Å². The van der Waals surface area contributed by atoms with E-state index in [0.717, 1.165) is 30.3 Å². The number of aryl methyl sites for hydroxylation is 1. The van der Waals surface area contributed by atoms with Gasteiger partial charge >= 0.3 is 6.03 Å². The fourth-order valence-electron chi connectivity index (χ4n) is 2.63. The highest BCUT2D eigenvalue weighted by molar-refractivity contribution is 5.89. The zero-order valence-electron chi connectivity index (χ0n) is 14.9. The van der Waals surface area contributed by atoms with Crippen molar-refractivity contribution in [3.8, 4) is 0 Å². The zero-order valence-corrected chi connectivity index (χ0v) is 14.9. The fraction of sp³-hybridized carbons (Fsp3) is 0.389. The average Bonchev–Trinajstić information content (AvgIpc) is 2.66. The standard InChI is InChI=1S/C18H24N6O2/c1-14-13-16(24-9-11-26-12-10-24)23-17(21-14)19-7-8-20-18(25)22-15-5-3-2-4-6-15/h2-6,13H,7-12H2,1H3,(H,19,21,23)(H2,20,22,25). The summed E-state index contributed by atoms with van der Waals surface area (Å²) in [5, 5.41) is 8.73. The van der Waals surface area contributed by atoms with Crippen LogP contribution in [-0.2, 0) is 4.74 Å². The molecule has 1 fully saturated rings. The van der Waals surface area contributed by atoms with Gasteiger partial charge in [0.1, 0.15) is 5.82 Å². The Balaban J connectivity index is 1.45. The van der Waals surface area contributed by atoms with Crippen molar-refractivity contribution in [1.29, 1.82) is 0 Å². The number of nitrogens with zero attached hydrogens (tertiary/aromatic N) is 3. The number of anilines is 3. The minimum absolute atomic E-state index is 0.239. The van der Waals surface area contributed by atoms with Gasteiger partial charge < -0.3 is 25.6 Å². The number of rotatable bonds is 6. The van der Waals surface area contributed by atoms with Crippen molar-refractivity contribution in [3.63, 3.8) is 0 Å². The van der Waals surface area contributed by atoms with E-state index in [2.05, 4.69) is 30.8 Å². The van der Waals surface area contributed by atoms with Gasteiger partial charge in [-0.1, -0.05) is 18.2 Å². The molecule has 1 aliphatic heterocycles. The van der Waals surface area contributed by atoms with Gasteiger partial charge in [-0.15, -0.1) is 0 Å². The van der Waals surface area contributed by atoms with Gasteiger partial charge in [-0.2, -0.15) is 4.98 Å². The van der Waals surface area contributed by atoms with Crippen molar-refractivity contribution in [2.24, 2.45) is 0 Å². The van der Waals surface area contributed by atoms with Gasteiger partial charge in [-0.3, -0.25) is 0 Å². The third kappa shape index (κ3) is 5.32. The average molecular weight is 356 g/mol. The summed E-state index contributed by atoms with van der Waals surface area (Å²) in [6.45, 7) is 6.03. The maximum Gasteiger partial charge on any atom is 0.319 e. The number of para-hydroxylation sites is 1. The van der Waals surface area contributed by atoms with Gasteiger partial charge in [0.25, 0.3) is 0 Å². The molecule has 3 N–H and O–H groups in total. The number of hydrogen-bond acceptors (Lipinski definition) is 6. The van der Waals surface area contributed by atoms with Crippen molar-refractivity contribution in [1.82, 2.24) is 15.3 Å². The summed E-state index contributed by atoms with van der Waals surface area (Å²) in [5.41, 5.74) is 1.66. The molecule has 138 valence electrons. The lowest BCUT2D eigenvalue weighted by molar-refractivity contribution is 0.122. The van der Waals surface area contributed by atoms with Gasteiger partial charge in [-0.25, -0.2) is 9.78 Å². The summed E-state index contributed by atoms with van der Waals surface area (Å²) in [4.78, 5) is 23.0. The maximum absolute atomic E-state index is 11.8. The van der Waals surface area contributed by atoms with Crippen molar-refractivity contribution in [3.05, 3.63) is 42.1 Å². The van der Waals surface area contributed by atoms with Crippen molar-refractivity contribution >= 4 is 23.5 Å². The Bertz CT molecular complexity index is 719. The normalized spacial score (nSPS) is 14.0. The SMILES string of the molecule is Cc1cc(N2CCOCC2)nc(NCCNC(=O)Nc2ccccc2)n1. The monoisotopic (exact) mass is 356 g/mol. The Morgan fingerprint density at radius 1 is 1.15 bits per heavy atom. The van der Waals surface area contributed by atoms with Gasteiger partial charge in [0, 0.05) is 43.6 Å². The Morgan fingerprint density at radius 2 is 1.92 bits per heavy atom. The summed E-state index contributed by atoms with van der Waals surface area (Å²) in [6.07, 6.45) is 0. The number of urea groups is 1. The Labute approximate surface area is 153 Å². The molecule has 0 unspecified atom stereocenters. The van der Waals surface area contributed by atoms with Crippen LogP contribution in [-0.4, -0.2) is 55.4 Å². The summed E-state index contributed by atoms with van der Waals surface area (Å²) >= 11 is 0. The van der Waals surface area contributed by atoms with Crippen LogP contribution < -0.4 is 20.9 Å². The van der Waals surface area contributed by atoms with Crippen molar-refractivity contribution < 1.29 is 9.53 Å². The predicted molar refractivity (Wildman–Crippen MR) is 102 cm³/mol. The lowest BCUT2D eigenvalue weighted by Gasteiger charge is -2.28. The molecule has 2 amide bonds. The molecule has 0 aliphatic carbocycles. The van der Waals surface area contributed by atoms with E-state index in [-0.39, 0.29) is 6.03 Å². The molecule has 1 aliphatic rings. The minimum atomic E-state index is -0.239. The van der Waals surface area contributed by atoms with Gasteiger partial charge in [0.15, 0.2) is 0 Å². The minimum Gasteiger partial charge on any atom is -0.378 e. The molecule has 0 spiro atoms. The second-order valence-corrected chi connectivity index (χ2v) is 5.96. The molecule has 0 radical (unpaired) electrons. The van der Waals surface area contributed by atoms with Crippen LogP contribution >= 0.6 is 0 Å². The van der Waals surface area contributed by atoms with Crippen LogP contribution in [0.2, 0.25) is 0 Å². The van der Waals surface area contributed by atoms with Crippen molar-refractivity contribution in [2.75, 3.05) is 54.9 Å². The molecule has 0 bridgehead atoms. The van der Waals surface area contributed by atoms with Gasteiger partial charge in [0.2, 0.25) is 5.95 Å². The van der Waals surface area contributed by atoms with E-state index >= 15 is 0 Å². The molecule has 2 aromatic rings. The van der Waals surface area contributed by atoms with Gasteiger partial charge in [-0.05, 0) is 19.1 Å². The van der Waals surface area contributed by atoms with Crippen LogP contribution in [0, 0.1) is 6.92 Å². The number of benzene rings is 1. The smallest absolute Gasteiger partial charge is 0.319 e. The van der Waals surface area contributed by atoms with Crippen LogP contribution in [0.1, 0.15) is 5.69 Å². The number of ether oxygens (including phenoxy) is 1. The first-order chi connectivity index (χ1) is 12.7. The van der Waals surface area contributed by atoms with Crippen LogP contribution in [0.4, 0.5) is 22.2 Å². The highest BCUT2D eigenvalue weighted by atomic mass is 16.5. The molecular weight excluding hydrogens is 332 g/mol. The van der Waals surface area contributed by atoms with Crippen molar-refractivity contribution in [2.45, 2.75) is 6.92 Å². The molecule has 8 heteroatoms. The molecule has 3 rings (SSSR count). The second-order valence-electron chi connectivity index (χ2n) is 5.96. The lowest BCUT2D eigenvalue weighted by atomic mass is 10.3. The van der Waals surface area contributed by atoms with Crippen LogP contribution in [0.3, 0.4) is 0 Å². The van der Waals surface area contributed by atoms with E-state index in [1.165, 1.54) is 0 Å². The number of amides is 2. The first kappa shape index (κ1) is 17.9. The number of hydrogen-bond donors (Lipinski definition) is 3. The molecular formula is C18H24N6O2. The van der Waals surface area contributed by atoms with E-state index in [9.17, 15) is 4.79 Å². The third-order valence-corrected chi connectivity index (χ3v) is 3.90. The summed E-state index contributed by atoms with van der Waals surface area (Å²) < 4.78 is 5.38. The lowest BCUT2D eigenvalue weighted by Crippen LogP contribution is -2.37. The Morgan fingerprint density at radius 3 is 2.69 bits per heavy atom. The molecule has 1 saturated heterocycles. The zero-order chi connectivity index (χ0) is 18.2. The summed E-state index contributed by atoms with van der Waals surface area (Å²) in [7, 11) is 0. The highest BCUT2D eigenvalue weighted by Crippen LogP contribution is 2.16. The molecule has 0 saturated carbocycles. The highest BCUT2D eigenvalue weighted by Gasteiger charge is 2.14. The van der Waals surface area contributed by atoms with E-state index in [1.807, 2.05) is 43.3 Å². The van der Waals surface area contributed by atoms with E-state index < -0.39 is 0 Å². The van der Waals surface area contributed by atoms with Gasteiger partial charge in [0.05, 0.1) is 13.2 Å². The largest absolute Gasteiger partial charge is 0.378 e. The molecule has 1 aromatic heterocycles. The number of nitrogens with one attached hydrogen (secondary N) is 3. The second kappa shape index (κ2) is 9.00. The first-order valence-electron chi connectivity index (χ1n) is 8.73. The van der Waals surface area contributed by atoms with Crippen LogP contribution in [0.15, 0.2) is 36.4 Å². The molecule has 0 atom stereocenters. The molecule has 2 heterocycles. The number of carbonyl (C=O) groups excluding carboxylic acids is 1. The first-order valence-corrected chi connectivity index (χ1v) is 8.73. The number of carbonyl (C=O) groups is 1. The molecule has 1 aromatic carbocycles. The number of aromatic nitrogens is 2. The fourth-order valence-corrected chi connectivity index (χ4v) is 2.63. The summed E-state index contributed by atoms with van der Waals surface area (Å²) in [6, 6.07) is 11.1. The van der Waals surface area contributed by atoms with E-state index in [1.54, 1.807) is 0 Å². The molecule has 8 nitrogen and oxygen atoms in total. The number of morpholine rings is 1. The predicted octanol–water partition coefficient (Wildman–Crippen LogP) is 1.86. The van der Waals surface area contributed by atoms with Crippen LogP contribution in [0.5, 0.6) is 0 Å². The van der Waals surface area contributed by atoms with Crippen LogP contribution in [0.25, 0.3) is 0 Å².